The minimum Gasteiger partial charge on any atom is -0.455 e. The maximum atomic E-state index is 10.7. The second-order valence-corrected chi connectivity index (χ2v) is 6.00. The molecule has 3 rings (SSSR count). The average molecular weight is 338 g/mol. The summed E-state index contributed by atoms with van der Waals surface area (Å²) in [6.45, 7) is 0. The molecule has 1 aliphatic rings. The van der Waals surface area contributed by atoms with E-state index in [1.165, 1.54) is 18.2 Å². The third-order valence-electron chi connectivity index (χ3n) is 3.78. The molecule has 0 amide bonds. The van der Waals surface area contributed by atoms with Gasteiger partial charge in [-0.1, -0.05) is 23.2 Å². The van der Waals surface area contributed by atoms with Crippen molar-refractivity contribution in [3.8, 4) is 11.5 Å². The lowest BCUT2D eigenvalue weighted by molar-refractivity contribution is -0.384. The Kier molecular flexibility index (Phi) is 4.23. The van der Waals surface area contributed by atoms with E-state index < -0.39 is 4.92 Å². The molecule has 1 aliphatic carbocycles. The maximum Gasteiger partial charge on any atom is 0.271 e. The van der Waals surface area contributed by atoms with Crippen molar-refractivity contribution in [2.24, 2.45) is 0 Å². The maximum absolute atomic E-state index is 10.7. The fourth-order valence-corrected chi connectivity index (χ4v) is 3.18. The fourth-order valence-electron chi connectivity index (χ4n) is 2.69. The molecule has 0 aromatic heterocycles. The molecule has 0 fully saturated rings. The first-order valence-corrected chi connectivity index (χ1v) is 7.74. The lowest BCUT2D eigenvalue weighted by atomic mass is 9.91. The van der Waals surface area contributed by atoms with Crippen LogP contribution in [0.15, 0.2) is 30.3 Å². The number of hydrogen-bond donors (Lipinski definition) is 0. The molecule has 2 aromatic carbocycles. The first-order chi connectivity index (χ1) is 10.6. The highest BCUT2D eigenvalue weighted by atomic mass is 35.5. The summed E-state index contributed by atoms with van der Waals surface area (Å²) in [5.41, 5.74) is 2.17. The van der Waals surface area contributed by atoms with Crippen LogP contribution in [0.3, 0.4) is 0 Å². The minimum atomic E-state index is -0.486. The molecular weight excluding hydrogens is 325 g/mol. The zero-order valence-electron chi connectivity index (χ0n) is 11.6. The summed E-state index contributed by atoms with van der Waals surface area (Å²) in [4.78, 5) is 10.3. The predicted molar refractivity (Wildman–Crippen MR) is 86.3 cm³/mol. The van der Waals surface area contributed by atoms with Gasteiger partial charge in [0.05, 0.1) is 9.95 Å². The molecule has 0 aliphatic heterocycles. The second-order valence-electron chi connectivity index (χ2n) is 5.18. The van der Waals surface area contributed by atoms with Crippen molar-refractivity contribution < 1.29 is 9.66 Å². The number of ether oxygens (including phenoxy) is 1. The molecule has 0 saturated carbocycles. The van der Waals surface area contributed by atoms with E-state index in [9.17, 15) is 10.1 Å². The molecule has 0 N–H and O–H groups in total. The Balaban J connectivity index is 1.95. The molecule has 2 aromatic rings. The van der Waals surface area contributed by atoms with Gasteiger partial charge in [0.2, 0.25) is 0 Å². The molecule has 22 heavy (non-hydrogen) atoms. The van der Waals surface area contributed by atoms with Gasteiger partial charge in [-0.3, -0.25) is 10.1 Å². The second kappa shape index (κ2) is 6.15. The van der Waals surface area contributed by atoms with Gasteiger partial charge in [0, 0.05) is 17.2 Å². The summed E-state index contributed by atoms with van der Waals surface area (Å²) >= 11 is 12.3. The van der Waals surface area contributed by atoms with Gasteiger partial charge in [0.1, 0.15) is 11.5 Å². The zero-order valence-corrected chi connectivity index (χ0v) is 13.2. The quantitative estimate of drug-likeness (QED) is 0.543. The van der Waals surface area contributed by atoms with E-state index >= 15 is 0 Å². The topological polar surface area (TPSA) is 52.4 Å². The molecular formula is C16H13Cl2NO3. The average Bonchev–Trinajstić information content (AvgIpc) is 2.52. The lowest BCUT2D eigenvalue weighted by Crippen LogP contribution is -2.05. The van der Waals surface area contributed by atoms with E-state index in [0.29, 0.717) is 5.75 Å². The molecule has 0 unspecified atom stereocenters. The Labute approximate surface area is 137 Å². The summed E-state index contributed by atoms with van der Waals surface area (Å²) in [5.74, 6) is 1.12. The molecule has 4 nitrogen and oxygen atoms in total. The van der Waals surface area contributed by atoms with Crippen molar-refractivity contribution in [1.29, 1.82) is 0 Å². The number of nitro groups is 1. The van der Waals surface area contributed by atoms with Gasteiger partial charge in [-0.25, -0.2) is 0 Å². The van der Waals surface area contributed by atoms with Crippen LogP contribution in [0, 0.1) is 10.1 Å². The smallest absolute Gasteiger partial charge is 0.271 e. The van der Waals surface area contributed by atoms with Crippen molar-refractivity contribution in [3.63, 3.8) is 0 Å². The summed E-state index contributed by atoms with van der Waals surface area (Å²) in [5, 5.41) is 11.7. The van der Waals surface area contributed by atoms with Crippen LogP contribution in [-0.2, 0) is 12.8 Å². The van der Waals surface area contributed by atoms with Crippen molar-refractivity contribution in [1.82, 2.24) is 0 Å². The molecule has 0 bridgehead atoms. The van der Waals surface area contributed by atoms with Crippen LogP contribution >= 0.6 is 23.2 Å². The molecule has 0 saturated heterocycles. The van der Waals surface area contributed by atoms with Crippen molar-refractivity contribution >= 4 is 28.9 Å². The normalized spacial score (nSPS) is 13.5. The number of nitrogens with zero attached hydrogens (tertiary/aromatic N) is 1. The van der Waals surface area contributed by atoms with Gasteiger partial charge in [-0.2, -0.15) is 0 Å². The zero-order chi connectivity index (χ0) is 15.7. The Morgan fingerprint density at radius 1 is 0.955 bits per heavy atom. The number of non-ortho nitro benzene ring substituents is 1. The summed E-state index contributed by atoms with van der Waals surface area (Å²) < 4.78 is 5.88. The largest absolute Gasteiger partial charge is 0.455 e. The van der Waals surface area contributed by atoms with Crippen molar-refractivity contribution in [3.05, 3.63) is 61.6 Å². The molecule has 0 heterocycles. The number of fused-ring (bicyclic) bond motifs is 1. The summed E-state index contributed by atoms with van der Waals surface area (Å²) in [6, 6.07) is 7.83. The first-order valence-electron chi connectivity index (χ1n) is 6.98. The van der Waals surface area contributed by atoms with Gasteiger partial charge in [-0.15, -0.1) is 0 Å². The van der Waals surface area contributed by atoms with Crippen LogP contribution in [-0.4, -0.2) is 4.92 Å². The van der Waals surface area contributed by atoms with Gasteiger partial charge in [0.15, 0.2) is 0 Å². The van der Waals surface area contributed by atoms with Crippen LogP contribution < -0.4 is 4.74 Å². The Hall–Kier alpha value is -1.78. The van der Waals surface area contributed by atoms with Gasteiger partial charge < -0.3 is 4.74 Å². The van der Waals surface area contributed by atoms with Crippen LogP contribution in [0.1, 0.15) is 24.0 Å². The number of halogens is 2. The highest BCUT2D eigenvalue weighted by Gasteiger charge is 2.19. The molecule has 6 heteroatoms. The highest BCUT2D eigenvalue weighted by Crippen LogP contribution is 2.39. The van der Waals surface area contributed by atoms with Crippen LogP contribution in [0.5, 0.6) is 11.5 Å². The van der Waals surface area contributed by atoms with Gasteiger partial charge >= 0.3 is 0 Å². The van der Waals surface area contributed by atoms with E-state index in [0.717, 1.165) is 47.6 Å². The van der Waals surface area contributed by atoms with E-state index in [1.807, 2.05) is 12.1 Å². The number of hydrogen-bond acceptors (Lipinski definition) is 3. The predicted octanol–water partition coefficient (Wildman–Crippen LogP) is 5.57. The Bertz CT molecular complexity index is 746. The standard InChI is InChI=1S/C16H13Cl2NO3/c17-13-6-8-15(12-4-2-1-3-11(12)13)22-16-7-5-10(19(20)21)9-14(16)18/h5-9H,1-4H2. The van der Waals surface area contributed by atoms with E-state index in [4.69, 9.17) is 27.9 Å². The number of benzene rings is 2. The molecule has 114 valence electrons. The first kappa shape index (κ1) is 15.1. The summed E-state index contributed by atoms with van der Waals surface area (Å²) in [6.07, 6.45) is 4.07. The lowest BCUT2D eigenvalue weighted by Gasteiger charge is -2.20. The van der Waals surface area contributed by atoms with Crippen LogP contribution in [0.25, 0.3) is 0 Å². The molecule has 0 spiro atoms. The summed E-state index contributed by atoms with van der Waals surface area (Å²) in [7, 11) is 0. The third-order valence-corrected chi connectivity index (χ3v) is 4.43. The van der Waals surface area contributed by atoms with Gasteiger partial charge in [-0.05, 0) is 55.0 Å². The highest BCUT2D eigenvalue weighted by molar-refractivity contribution is 6.32. The Morgan fingerprint density at radius 3 is 2.32 bits per heavy atom. The molecule has 0 atom stereocenters. The van der Waals surface area contributed by atoms with E-state index in [1.54, 1.807) is 0 Å². The Morgan fingerprint density at radius 2 is 1.64 bits per heavy atom. The van der Waals surface area contributed by atoms with Crippen molar-refractivity contribution in [2.75, 3.05) is 0 Å². The number of nitro benzene ring substituents is 1. The van der Waals surface area contributed by atoms with Crippen LogP contribution in [0.4, 0.5) is 5.69 Å². The molecule has 0 radical (unpaired) electrons. The SMILES string of the molecule is O=[N+]([O-])c1ccc(Oc2ccc(Cl)c3c2CCCC3)c(Cl)c1. The number of rotatable bonds is 3. The third kappa shape index (κ3) is 2.89. The van der Waals surface area contributed by atoms with Gasteiger partial charge in [0.25, 0.3) is 5.69 Å². The monoisotopic (exact) mass is 337 g/mol. The minimum absolute atomic E-state index is 0.0597. The fraction of sp³-hybridized carbons (Fsp3) is 0.250. The van der Waals surface area contributed by atoms with E-state index in [-0.39, 0.29) is 10.7 Å². The van der Waals surface area contributed by atoms with Crippen LogP contribution in [0.2, 0.25) is 10.0 Å². The van der Waals surface area contributed by atoms with E-state index in [2.05, 4.69) is 0 Å². The van der Waals surface area contributed by atoms with Crippen molar-refractivity contribution in [2.45, 2.75) is 25.7 Å².